The van der Waals surface area contributed by atoms with Crippen LogP contribution in [0, 0.1) is 11.7 Å². The van der Waals surface area contributed by atoms with Gasteiger partial charge in [-0.15, -0.1) is 0 Å². The molecule has 0 spiro atoms. The molecule has 0 aliphatic heterocycles. The van der Waals surface area contributed by atoms with Crippen LogP contribution in [0.2, 0.25) is 0 Å². The van der Waals surface area contributed by atoms with Crippen LogP contribution in [-0.2, 0) is 12.0 Å². The van der Waals surface area contributed by atoms with Gasteiger partial charge in [-0.2, -0.15) is 0 Å². The van der Waals surface area contributed by atoms with Gasteiger partial charge in [0.25, 0.3) is 0 Å². The molecule has 4 rings (SSSR count). The van der Waals surface area contributed by atoms with Crippen molar-refractivity contribution in [2.75, 3.05) is 0 Å². The molecule has 4 heteroatoms. The third-order valence-electron chi connectivity index (χ3n) is 5.60. The number of benzene rings is 1. The van der Waals surface area contributed by atoms with E-state index in [0.717, 1.165) is 29.7 Å². The van der Waals surface area contributed by atoms with Crippen molar-refractivity contribution in [1.29, 1.82) is 0 Å². The van der Waals surface area contributed by atoms with Gasteiger partial charge < -0.3 is 4.98 Å². The van der Waals surface area contributed by atoms with Crippen LogP contribution < -0.4 is 5.56 Å². The zero-order valence-electron chi connectivity index (χ0n) is 16.1. The fraction of sp³-hybridized carbons (Fsp3) is 0.250. The van der Waals surface area contributed by atoms with Crippen molar-refractivity contribution >= 4 is 12.3 Å². The highest BCUT2D eigenvalue weighted by atomic mass is 19.1. The number of nitrogens with zero attached hydrogens (tertiary/aromatic N) is 1. The van der Waals surface area contributed by atoms with E-state index in [2.05, 4.69) is 31.0 Å². The Morgan fingerprint density at radius 2 is 2.14 bits per heavy atom. The lowest BCUT2D eigenvalue weighted by Crippen LogP contribution is -2.40. The molecule has 1 aromatic carbocycles. The molecule has 0 radical (unpaired) electrons. The monoisotopic (exact) mass is 374 g/mol. The van der Waals surface area contributed by atoms with Crippen molar-refractivity contribution in [3.05, 3.63) is 98.8 Å². The number of rotatable bonds is 3. The summed E-state index contributed by atoms with van der Waals surface area (Å²) in [7, 11) is 0. The van der Waals surface area contributed by atoms with Gasteiger partial charge in [0.15, 0.2) is 0 Å². The molecule has 2 aromatic rings. The first-order valence-electron chi connectivity index (χ1n) is 9.56. The molecule has 0 unspecified atom stereocenters. The molecule has 0 amide bonds. The Morgan fingerprint density at radius 1 is 1.29 bits per heavy atom. The van der Waals surface area contributed by atoms with Gasteiger partial charge >= 0.3 is 0 Å². The van der Waals surface area contributed by atoms with Gasteiger partial charge in [0.05, 0.1) is 0 Å². The largest absolute Gasteiger partial charge is 0.326 e. The molecule has 0 fully saturated rings. The van der Waals surface area contributed by atoms with Crippen LogP contribution in [0.5, 0.6) is 0 Å². The number of fused-ring (bicyclic) bond motifs is 4. The maximum absolute atomic E-state index is 13.4. The van der Waals surface area contributed by atoms with Gasteiger partial charge in [-0.1, -0.05) is 35.9 Å². The average molecular weight is 374 g/mol. The van der Waals surface area contributed by atoms with Crippen LogP contribution in [0.3, 0.4) is 0 Å². The second kappa shape index (κ2) is 7.19. The van der Waals surface area contributed by atoms with Crippen molar-refractivity contribution in [3.63, 3.8) is 0 Å². The highest BCUT2D eigenvalue weighted by Gasteiger charge is 2.46. The maximum atomic E-state index is 13.4. The van der Waals surface area contributed by atoms with Crippen LogP contribution >= 0.6 is 0 Å². The molecule has 1 N–H and O–H groups in total. The van der Waals surface area contributed by atoms with Crippen LogP contribution in [0.4, 0.5) is 4.39 Å². The van der Waals surface area contributed by atoms with Crippen LogP contribution in [-0.4, -0.2) is 11.2 Å². The summed E-state index contributed by atoms with van der Waals surface area (Å²) < 4.78 is 13.4. The summed E-state index contributed by atoms with van der Waals surface area (Å²) in [5.41, 5.74) is 4.83. The molecule has 1 heterocycles. The quantitative estimate of drug-likeness (QED) is 0.599. The van der Waals surface area contributed by atoms with E-state index < -0.39 is 5.54 Å². The third kappa shape index (κ3) is 3.19. The van der Waals surface area contributed by atoms with Crippen molar-refractivity contribution in [1.82, 2.24) is 4.98 Å². The maximum Gasteiger partial charge on any atom is 0.248 e. The first kappa shape index (κ1) is 18.4. The SMILES string of the molecule is CC=C1[C@H]2C=C(C)C[C@]1(N=CC=Cc1cccc(F)c1)c1ccc(=O)[nH]c1C2. The summed E-state index contributed by atoms with van der Waals surface area (Å²) in [6.07, 6.45) is 11.5. The van der Waals surface area contributed by atoms with E-state index in [1.54, 1.807) is 18.3 Å². The van der Waals surface area contributed by atoms with Gasteiger partial charge in [-0.3, -0.25) is 9.79 Å². The number of pyridine rings is 1. The second-order valence-corrected chi connectivity index (χ2v) is 7.51. The topological polar surface area (TPSA) is 45.2 Å². The van der Waals surface area contributed by atoms with Crippen molar-refractivity contribution < 1.29 is 4.39 Å². The van der Waals surface area contributed by atoms with Crippen LogP contribution in [0.25, 0.3) is 6.08 Å². The molecule has 2 aliphatic rings. The Balaban J connectivity index is 1.77. The predicted molar refractivity (Wildman–Crippen MR) is 112 cm³/mol. The highest BCUT2D eigenvalue weighted by molar-refractivity contribution is 5.79. The summed E-state index contributed by atoms with van der Waals surface area (Å²) >= 11 is 0. The molecule has 3 nitrogen and oxygen atoms in total. The lowest BCUT2D eigenvalue weighted by Gasteiger charge is -2.45. The Morgan fingerprint density at radius 3 is 2.93 bits per heavy atom. The number of halogens is 1. The number of hydrogen-bond acceptors (Lipinski definition) is 2. The Hall–Kier alpha value is -3.01. The lowest BCUT2D eigenvalue weighted by molar-refractivity contribution is 0.413. The fourth-order valence-corrected chi connectivity index (χ4v) is 4.59. The zero-order chi connectivity index (χ0) is 19.7. The summed E-state index contributed by atoms with van der Waals surface area (Å²) in [6, 6.07) is 9.97. The minimum Gasteiger partial charge on any atom is -0.326 e. The molecule has 2 aliphatic carbocycles. The molecule has 0 saturated heterocycles. The molecule has 0 saturated carbocycles. The summed E-state index contributed by atoms with van der Waals surface area (Å²) in [5.74, 6) is -0.0106. The number of allylic oxidation sites excluding steroid dienone is 3. The van der Waals surface area contributed by atoms with Gasteiger partial charge in [-0.05, 0) is 55.7 Å². The van der Waals surface area contributed by atoms with E-state index in [4.69, 9.17) is 4.99 Å². The smallest absolute Gasteiger partial charge is 0.248 e. The molecular weight excluding hydrogens is 351 g/mol. The predicted octanol–water partition coefficient (Wildman–Crippen LogP) is 4.96. The van der Waals surface area contributed by atoms with E-state index in [9.17, 15) is 9.18 Å². The second-order valence-electron chi connectivity index (χ2n) is 7.51. The van der Waals surface area contributed by atoms with E-state index in [1.807, 2.05) is 24.3 Å². The first-order valence-corrected chi connectivity index (χ1v) is 9.56. The summed E-state index contributed by atoms with van der Waals surface area (Å²) in [5, 5.41) is 0. The minimum atomic E-state index is -0.498. The van der Waals surface area contributed by atoms with Crippen molar-refractivity contribution in [2.45, 2.75) is 32.2 Å². The van der Waals surface area contributed by atoms with E-state index in [-0.39, 0.29) is 17.3 Å². The Labute approximate surface area is 164 Å². The van der Waals surface area contributed by atoms with Gasteiger partial charge in [0, 0.05) is 35.9 Å². The molecule has 142 valence electrons. The molecule has 2 bridgehead atoms. The number of nitrogens with one attached hydrogen (secondary N) is 1. The molecular formula is C24H23FN2O. The number of aliphatic imine (C=N–C) groups is 1. The van der Waals surface area contributed by atoms with Gasteiger partial charge in [0.1, 0.15) is 11.4 Å². The van der Waals surface area contributed by atoms with Crippen molar-refractivity contribution in [2.24, 2.45) is 10.9 Å². The Bertz CT molecular complexity index is 1090. The Kier molecular flexibility index (Phi) is 4.71. The highest BCUT2D eigenvalue weighted by Crippen LogP contribution is 2.51. The minimum absolute atomic E-state index is 0.0772. The van der Waals surface area contributed by atoms with Crippen LogP contribution in [0.1, 0.15) is 37.1 Å². The van der Waals surface area contributed by atoms with Crippen LogP contribution in [0.15, 0.2) is 75.6 Å². The fourth-order valence-electron chi connectivity index (χ4n) is 4.59. The summed E-state index contributed by atoms with van der Waals surface area (Å²) in [6.45, 7) is 4.20. The van der Waals surface area contributed by atoms with E-state index in [0.29, 0.717) is 0 Å². The lowest BCUT2D eigenvalue weighted by atomic mass is 9.63. The number of aromatic amines is 1. The van der Waals surface area contributed by atoms with Crippen molar-refractivity contribution in [3.8, 4) is 0 Å². The van der Waals surface area contributed by atoms with Gasteiger partial charge in [-0.25, -0.2) is 4.39 Å². The summed E-state index contributed by atoms with van der Waals surface area (Å²) in [4.78, 5) is 19.9. The normalized spacial score (nSPS) is 25.3. The van der Waals surface area contributed by atoms with Gasteiger partial charge in [0.2, 0.25) is 5.56 Å². The third-order valence-corrected chi connectivity index (χ3v) is 5.60. The average Bonchev–Trinajstić information content (AvgIpc) is 2.64. The van der Waals surface area contributed by atoms with E-state index in [1.165, 1.54) is 23.3 Å². The number of aromatic nitrogens is 1. The zero-order valence-corrected chi connectivity index (χ0v) is 16.1. The first-order chi connectivity index (χ1) is 13.5. The standard InChI is InChI=1S/C24H23FN2O/c1-3-20-18-12-16(2)15-24(20,21-9-10-23(28)27-22(21)14-18)26-11-5-7-17-6-4-8-19(25)13-17/h3-13,18H,14-15H2,1-2H3,(H,27,28)/t18-,24+/m0/s1. The molecule has 28 heavy (non-hydrogen) atoms. The molecule has 2 atom stereocenters. The van der Waals surface area contributed by atoms with E-state index >= 15 is 0 Å². The molecule has 1 aromatic heterocycles. The number of hydrogen-bond donors (Lipinski definition) is 1. The number of H-pyrrole nitrogens is 1.